The van der Waals surface area contributed by atoms with Gasteiger partial charge in [-0.05, 0) is 44.0 Å². The lowest BCUT2D eigenvalue weighted by atomic mass is 10.2. The first-order valence-electron chi connectivity index (χ1n) is 6.82. The normalized spacial score (nSPS) is 23.2. The first-order valence-corrected chi connectivity index (χ1v) is 8.20. The Morgan fingerprint density at radius 3 is 2.80 bits per heavy atom. The molecule has 0 N–H and O–H groups in total. The molecule has 0 amide bonds. The quantitative estimate of drug-likeness (QED) is 0.755. The highest BCUT2D eigenvalue weighted by atomic mass is 32.2. The minimum atomic E-state index is -0.836. The van der Waals surface area contributed by atoms with Gasteiger partial charge in [-0.2, -0.15) is 5.26 Å². The Hall–Kier alpha value is -1.38. The van der Waals surface area contributed by atoms with Crippen LogP contribution in [0.1, 0.15) is 25.3 Å². The molecule has 0 spiro atoms. The van der Waals surface area contributed by atoms with Crippen molar-refractivity contribution in [3.63, 3.8) is 0 Å². The van der Waals surface area contributed by atoms with Crippen LogP contribution in [0, 0.1) is 11.3 Å². The lowest BCUT2D eigenvalue weighted by Gasteiger charge is -2.13. The van der Waals surface area contributed by atoms with E-state index in [-0.39, 0.29) is 11.4 Å². The summed E-state index contributed by atoms with van der Waals surface area (Å²) in [5.74, 6) is 1.39. The van der Waals surface area contributed by atoms with Crippen LogP contribution in [-0.2, 0) is 15.5 Å². The molecule has 0 aliphatic carbocycles. The molecule has 0 radical (unpaired) electrons. The van der Waals surface area contributed by atoms with Gasteiger partial charge in [0.25, 0.3) is 0 Å². The number of rotatable bonds is 6. The van der Waals surface area contributed by atoms with Gasteiger partial charge in [0.05, 0.1) is 29.6 Å². The van der Waals surface area contributed by atoms with Crippen LogP contribution in [0.3, 0.4) is 0 Å². The topological polar surface area (TPSA) is 59.3 Å². The largest absolute Gasteiger partial charge is 0.494 e. The average Bonchev–Trinajstić information content (AvgIpc) is 2.90. The molecule has 3 unspecified atom stereocenters. The van der Waals surface area contributed by atoms with E-state index in [0.717, 1.165) is 25.2 Å². The van der Waals surface area contributed by atoms with Crippen LogP contribution in [0.15, 0.2) is 24.3 Å². The first-order chi connectivity index (χ1) is 9.70. The van der Waals surface area contributed by atoms with Crippen molar-refractivity contribution >= 4 is 10.8 Å². The van der Waals surface area contributed by atoms with E-state index in [0.29, 0.717) is 17.9 Å². The van der Waals surface area contributed by atoms with Crippen LogP contribution in [0.2, 0.25) is 0 Å². The summed E-state index contributed by atoms with van der Waals surface area (Å²) in [5.41, 5.74) is 0.619. The molecule has 108 valence electrons. The Morgan fingerprint density at radius 2 is 2.20 bits per heavy atom. The molecule has 4 nitrogen and oxygen atoms in total. The van der Waals surface area contributed by atoms with Gasteiger partial charge in [-0.3, -0.25) is 4.21 Å². The zero-order valence-corrected chi connectivity index (χ0v) is 12.4. The fourth-order valence-electron chi connectivity index (χ4n) is 2.23. The Morgan fingerprint density at radius 1 is 1.45 bits per heavy atom. The predicted octanol–water partition coefficient (Wildman–Crippen LogP) is 2.25. The minimum Gasteiger partial charge on any atom is -0.494 e. The second-order valence-electron chi connectivity index (χ2n) is 4.83. The lowest BCUT2D eigenvalue weighted by Crippen LogP contribution is -2.25. The molecule has 1 aliphatic rings. The van der Waals surface area contributed by atoms with Crippen LogP contribution in [0.4, 0.5) is 0 Å². The standard InChI is InChI=1S/C15H19NO3S/c1-12-15(7-9-18-12)20(17)10-2-8-19-14-5-3-13(11-16)4-6-14/h3-6,12,15H,2,7-10H2,1H3. The summed E-state index contributed by atoms with van der Waals surface area (Å²) in [6.07, 6.45) is 1.76. The summed E-state index contributed by atoms with van der Waals surface area (Å²) in [4.78, 5) is 0. The number of hydrogen-bond donors (Lipinski definition) is 0. The van der Waals surface area contributed by atoms with E-state index in [1.807, 2.05) is 6.92 Å². The number of benzene rings is 1. The Labute approximate surface area is 122 Å². The SMILES string of the molecule is CC1OCCC1S(=O)CCCOc1ccc(C#N)cc1. The van der Waals surface area contributed by atoms with E-state index in [2.05, 4.69) is 6.07 Å². The van der Waals surface area contributed by atoms with Crippen LogP contribution in [0.5, 0.6) is 5.75 Å². The Kier molecular flexibility index (Phi) is 5.57. The molecule has 1 fully saturated rings. The van der Waals surface area contributed by atoms with Gasteiger partial charge < -0.3 is 9.47 Å². The van der Waals surface area contributed by atoms with E-state index in [9.17, 15) is 4.21 Å². The molecule has 3 atom stereocenters. The van der Waals surface area contributed by atoms with E-state index in [4.69, 9.17) is 14.7 Å². The Bertz CT molecular complexity index is 495. The molecule has 0 bridgehead atoms. The molecular weight excluding hydrogens is 274 g/mol. The monoisotopic (exact) mass is 293 g/mol. The number of ether oxygens (including phenoxy) is 2. The highest BCUT2D eigenvalue weighted by Crippen LogP contribution is 2.19. The summed E-state index contributed by atoms with van der Waals surface area (Å²) in [6.45, 7) is 3.25. The number of nitrogens with zero attached hydrogens (tertiary/aromatic N) is 1. The van der Waals surface area contributed by atoms with Crippen molar-refractivity contribution in [3.8, 4) is 11.8 Å². The Balaban J connectivity index is 1.68. The molecule has 0 aromatic heterocycles. The van der Waals surface area contributed by atoms with Crippen molar-refractivity contribution in [1.82, 2.24) is 0 Å². The van der Waals surface area contributed by atoms with Crippen LogP contribution >= 0.6 is 0 Å². The van der Waals surface area contributed by atoms with Gasteiger partial charge in [0.15, 0.2) is 0 Å². The number of nitriles is 1. The maximum atomic E-state index is 12.1. The zero-order chi connectivity index (χ0) is 14.4. The van der Waals surface area contributed by atoms with Crippen molar-refractivity contribution in [3.05, 3.63) is 29.8 Å². The van der Waals surface area contributed by atoms with E-state index in [1.165, 1.54) is 0 Å². The second kappa shape index (κ2) is 7.41. The highest BCUT2D eigenvalue weighted by molar-refractivity contribution is 7.85. The third-order valence-corrected chi connectivity index (χ3v) is 5.37. The van der Waals surface area contributed by atoms with Crippen LogP contribution < -0.4 is 4.74 Å². The summed E-state index contributed by atoms with van der Waals surface area (Å²) >= 11 is 0. The lowest BCUT2D eigenvalue weighted by molar-refractivity contribution is 0.127. The van der Waals surface area contributed by atoms with Crippen LogP contribution in [-0.4, -0.2) is 34.5 Å². The molecular formula is C15H19NO3S. The van der Waals surface area contributed by atoms with E-state index >= 15 is 0 Å². The molecule has 2 rings (SSSR count). The van der Waals surface area contributed by atoms with Crippen molar-refractivity contribution in [2.24, 2.45) is 0 Å². The predicted molar refractivity (Wildman–Crippen MR) is 78.1 cm³/mol. The fraction of sp³-hybridized carbons (Fsp3) is 0.533. The second-order valence-corrected chi connectivity index (χ2v) is 6.60. The maximum absolute atomic E-state index is 12.1. The molecule has 1 aliphatic heterocycles. The van der Waals surface area contributed by atoms with Crippen LogP contribution in [0.25, 0.3) is 0 Å². The zero-order valence-electron chi connectivity index (χ0n) is 11.6. The van der Waals surface area contributed by atoms with Gasteiger partial charge in [0.2, 0.25) is 0 Å². The summed E-state index contributed by atoms with van der Waals surface area (Å²) < 4.78 is 23.1. The van der Waals surface area contributed by atoms with Gasteiger partial charge in [-0.1, -0.05) is 0 Å². The van der Waals surface area contributed by atoms with Crippen molar-refractivity contribution < 1.29 is 13.7 Å². The highest BCUT2D eigenvalue weighted by Gasteiger charge is 2.28. The molecule has 1 saturated heterocycles. The summed E-state index contributed by atoms with van der Waals surface area (Å²) in [5, 5.41) is 8.87. The maximum Gasteiger partial charge on any atom is 0.119 e. The van der Waals surface area contributed by atoms with Crippen molar-refractivity contribution in [2.75, 3.05) is 19.0 Å². The third kappa shape index (κ3) is 4.06. The summed E-state index contributed by atoms with van der Waals surface area (Å²) in [6, 6.07) is 9.08. The van der Waals surface area contributed by atoms with Gasteiger partial charge >= 0.3 is 0 Å². The minimum absolute atomic E-state index is 0.107. The molecule has 20 heavy (non-hydrogen) atoms. The van der Waals surface area contributed by atoms with Gasteiger partial charge in [-0.25, -0.2) is 0 Å². The average molecular weight is 293 g/mol. The number of hydrogen-bond acceptors (Lipinski definition) is 4. The van der Waals surface area contributed by atoms with Gasteiger partial charge in [0, 0.05) is 23.2 Å². The smallest absolute Gasteiger partial charge is 0.119 e. The van der Waals surface area contributed by atoms with Crippen molar-refractivity contribution in [2.45, 2.75) is 31.1 Å². The molecule has 0 saturated carbocycles. The summed E-state index contributed by atoms with van der Waals surface area (Å²) in [7, 11) is -0.836. The fourth-order valence-corrected chi connectivity index (χ4v) is 3.80. The molecule has 5 heteroatoms. The molecule has 1 aromatic carbocycles. The molecule has 1 aromatic rings. The molecule has 1 heterocycles. The van der Waals surface area contributed by atoms with E-state index < -0.39 is 10.8 Å². The van der Waals surface area contributed by atoms with Gasteiger partial charge in [0.1, 0.15) is 5.75 Å². The third-order valence-electron chi connectivity index (χ3n) is 3.39. The van der Waals surface area contributed by atoms with Gasteiger partial charge in [-0.15, -0.1) is 0 Å². The first kappa shape index (κ1) is 15.0. The van der Waals surface area contributed by atoms with Crippen molar-refractivity contribution in [1.29, 1.82) is 5.26 Å². The van der Waals surface area contributed by atoms with E-state index in [1.54, 1.807) is 24.3 Å².